The average Bonchev–Trinajstić information content (AvgIpc) is 4.35. The van der Waals surface area contributed by atoms with Crippen molar-refractivity contribution in [1.29, 1.82) is 0 Å². The molecule has 0 bridgehead atoms. The molecule has 23 unspecified atom stereocenters. The number of ether oxygens (including phenoxy) is 3. The van der Waals surface area contributed by atoms with Crippen molar-refractivity contribution < 1.29 is 14.2 Å². The highest BCUT2D eigenvalue weighted by Gasteiger charge is 2.91. The van der Waals surface area contributed by atoms with E-state index in [1.165, 1.54) is 57.1 Å². The summed E-state index contributed by atoms with van der Waals surface area (Å²) in [5, 5.41) is 0. The molecule has 18 rings (SSSR count). The molecule has 1 heterocycles. The minimum absolute atomic E-state index is 0.153. The van der Waals surface area contributed by atoms with Gasteiger partial charge in [0.15, 0.2) is 11.5 Å². The number of likely N-dealkylation sites (tertiary alicyclic amines) is 1. The molecule has 1 aliphatic heterocycles. The Labute approximate surface area is 424 Å². The predicted octanol–water partition coefficient (Wildman–Crippen LogP) is 10.0. The van der Waals surface area contributed by atoms with Crippen LogP contribution in [0.3, 0.4) is 0 Å². The van der Waals surface area contributed by atoms with Crippen molar-refractivity contribution >= 4 is 0 Å². The standard InChI is InChI=1S/C64H82N4O3/c1-65(2)23-8-26-69-41-22-19-38(60(70-27-9-24-66(3)4)61(41)71-28-10-25-67(5)6)62-64-40-21-20-39-36-17-15-34-32-13-11-30-31-12-14-33-35-16-18-37(40)49-47(35)52-45(33)43(31)50-42(30)44(32)51-46(34)48(36)58(63(39,64)29-68(62)7)56-54(51)53(50)55(52)57(56)59(49)64/h12,14,19,22,30-33,39-40,42-45,50-59,62H,8-11,13,15-18,20-21,23-29H2,1-7H3. The van der Waals surface area contributed by atoms with E-state index in [9.17, 15) is 0 Å². The highest BCUT2D eigenvalue weighted by Crippen LogP contribution is 2.96. The first-order chi connectivity index (χ1) is 34.7. The van der Waals surface area contributed by atoms with Gasteiger partial charge < -0.3 is 28.9 Å². The van der Waals surface area contributed by atoms with Crippen molar-refractivity contribution in [3.05, 3.63) is 74.4 Å². The second kappa shape index (κ2) is 14.0. The molecule has 9 saturated carbocycles. The molecule has 1 aromatic rings. The normalized spacial score (nSPS) is 50.2. The maximum Gasteiger partial charge on any atom is 0.203 e. The third-order valence-electron chi connectivity index (χ3n) is 26.4. The van der Waals surface area contributed by atoms with Crippen molar-refractivity contribution in [2.24, 2.45) is 129 Å². The Morgan fingerprint density at radius 2 is 1.17 bits per heavy atom. The molecule has 71 heavy (non-hydrogen) atoms. The van der Waals surface area contributed by atoms with Crippen LogP contribution in [0.15, 0.2) is 68.9 Å². The Morgan fingerprint density at radius 3 is 1.93 bits per heavy atom. The average molecular weight is 955 g/mol. The maximum atomic E-state index is 7.52. The lowest BCUT2D eigenvalue weighted by Gasteiger charge is -2.69. The van der Waals surface area contributed by atoms with Gasteiger partial charge in [-0.15, -0.1) is 0 Å². The van der Waals surface area contributed by atoms with Gasteiger partial charge in [0.1, 0.15) is 0 Å². The summed E-state index contributed by atoms with van der Waals surface area (Å²) in [5.41, 5.74) is 18.4. The van der Waals surface area contributed by atoms with E-state index in [0.717, 1.165) is 163 Å². The van der Waals surface area contributed by atoms with Gasteiger partial charge in [-0.05, 0) is 267 Å². The number of allylic oxidation sites excluding steroid dienone is 10. The molecule has 7 heteroatoms. The summed E-state index contributed by atoms with van der Waals surface area (Å²) < 4.78 is 21.7. The van der Waals surface area contributed by atoms with E-state index in [1.807, 2.05) is 11.1 Å². The minimum atomic E-state index is 0.153. The van der Waals surface area contributed by atoms with E-state index in [2.05, 4.69) is 127 Å². The lowest BCUT2D eigenvalue weighted by Crippen LogP contribution is -2.67. The number of fused-ring (bicyclic) bond motifs is 5. The van der Waals surface area contributed by atoms with Crippen LogP contribution < -0.4 is 14.2 Å². The van der Waals surface area contributed by atoms with Crippen LogP contribution in [0.5, 0.6) is 17.2 Å². The van der Waals surface area contributed by atoms with Gasteiger partial charge in [-0.1, -0.05) is 34.4 Å². The first kappa shape index (κ1) is 42.4. The topological polar surface area (TPSA) is 40.6 Å². The minimum Gasteiger partial charge on any atom is -0.489 e. The number of rotatable bonds is 16. The molecule has 10 fully saturated rings. The Hall–Kier alpha value is -2.84. The zero-order chi connectivity index (χ0) is 47.0. The Morgan fingerprint density at radius 1 is 0.549 bits per heavy atom. The van der Waals surface area contributed by atoms with Crippen LogP contribution in [0.1, 0.15) is 82.2 Å². The monoisotopic (exact) mass is 955 g/mol. The van der Waals surface area contributed by atoms with Crippen LogP contribution in [-0.4, -0.2) is 115 Å². The van der Waals surface area contributed by atoms with Crippen LogP contribution in [0.25, 0.3) is 0 Å². The lowest BCUT2D eigenvalue weighted by atomic mass is 9.33. The molecule has 7 nitrogen and oxygen atoms in total. The molecule has 376 valence electrons. The largest absolute Gasteiger partial charge is 0.489 e. The van der Waals surface area contributed by atoms with Crippen molar-refractivity contribution in [2.75, 3.05) is 95.3 Å². The van der Waals surface area contributed by atoms with Gasteiger partial charge in [-0.2, -0.15) is 0 Å². The second-order valence-electron chi connectivity index (χ2n) is 28.7. The molecule has 2 spiro atoms. The number of hydrogen-bond donors (Lipinski definition) is 0. The molecule has 0 aromatic heterocycles. The molecular formula is C64H82N4O3. The van der Waals surface area contributed by atoms with Gasteiger partial charge in [-0.3, -0.25) is 4.90 Å². The van der Waals surface area contributed by atoms with Gasteiger partial charge in [-0.25, -0.2) is 0 Å². The summed E-state index contributed by atoms with van der Waals surface area (Å²) in [5.74, 6) is 20.4. The highest BCUT2D eigenvalue weighted by atomic mass is 16.5. The predicted molar refractivity (Wildman–Crippen MR) is 277 cm³/mol. The van der Waals surface area contributed by atoms with E-state index in [-0.39, 0.29) is 16.9 Å². The zero-order valence-corrected chi connectivity index (χ0v) is 44.2. The number of nitrogens with zero attached hydrogens (tertiary/aromatic N) is 4. The van der Waals surface area contributed by atoms with Crippen LogP contribution in [0, 0.1) is 129 Å². The smallest absolute Gasteiger partial charge is 0.203 e. The Bertz CT molecular complexity index is 2760. The molecule has 16 aliphatic carbocycles. The number of benzene rings is 1. The first-order valence-electron chi connectivity index (χ1n) is 30.0. The zero-order valence-electron chi connectivity index (χ0n) is 44.2. The van der Waals surface area contributed by atoms with E-state index in [4.69, 9.17) is 14.2 Å². The van der Waals surface area contributed by atoms with Crippen molar-refractivity contribution in [3.8, 4) is 17.2 Å². The first-order valence-corrected chi connectivity index (χ1v) is 30.0. The third kappa shape index (κ3) is 4.48. The summed E-state index contributed by atoms with van der Waals surface area (Å²) >= 11 is 0. The van der Waals surface area contributed by atoms with E-state index >= 15 is 0 Å². The second-order valence-corrected chi connectivity index (χ2v) is 28.7. The molecule has 0 radical (unpaired) electrons. The highest BCUT2D eigenvalue weighted by molar-refractivity contribution is 5.69. The SMILES string of the molecule is CN(C)CCCOc1ccc(C2N(C)CC34C5CCC6C7=C8C9=C(CC7)C7C=CC%10C%11CCC%12C%13=C%14C(=C5CC%13)C3C3C5C%14C%12C%11C%11C%10C7C9C(C5%11)C3C8C624)c(OCCCN(C)C)c1OCCCN(C)C. The summed E-state index contributed by atoms with van der Waals surface area (Å²) in [6, 6.07) is 5.24. The van der Waals surface area contributed by atoms with E-state index in [1.54, 1.807) is 6.42 Å². The third-order valence-corrected chi connectivity index (χ3v) is 26.4. The quantitative estimate of drug-likeness (QED) is 0.121. The molecule has 1 saturated heterocycles. The fraction of sp³-hybridized carbons (Fsp3) is 0.750. The molecule has 1 aromatic carbocycles. The summed E-state index contributed by atoms with van der Waals surface area (Å²) in [6.45, 7) is 6.32. The summed E-state index contributed by atoms with van der Waals surface area (Å²) in [7, 11) is 15.8. The summed E-state index contributed by atoms with van der Waals surface area (Å²) in [6.07, 6.45) is 20.3. The van der Waals surface area contributed by atoms with Gasteiger partial charge >= 0.3 is 0 Å². The number of hydrogen-bond acceptors (Lipinski definition) is 7. The van der Waals surface area contributed by atoms with Crippen LogP contribution in [0.2, 0.25) is 0 Å². The van der Waals surface area contributed by atoms with Gasteiger partial charge in [0.05, 0.1) is 19.8 Å². The molecule has 0 N–H and O–H groups in total. The van der Waals surface area contributed by atoms with Crippen LogP contribution in [0.4, 0.5) is 0 Å². The van der Waals surface area contributed by atoms with Crippen molar-refractivity contribution in [3.63, 3.8) is 0 Å². The van der Waals surface area contributed by atoms with Crippen LogP contribution >= 0.6 is 0 Å². The molecule has 23 atom stereocenters. The van der Waals surface area contributed by atoms with Gasteiger partial charge in [0.25, 0.3) is 0 Å². The van der Waals surface area contributed by atoms with E-state index in [0.29, 0.717) is 31.7 Å². The fourth-order valence-electron chi connectivity index (χ4n) is 26.5. The Kier molecular flexibility index (Phi) is 8.33. The van der Waals surface area contributed by atoms with Gasteiger partial charge in [0.2, 0.25) is 5.75 Å². The lowest BCUT2D eigenvalue weighted by molar-refractivity contribution is -0.189. The van der Waals surface area contributed by atoms with E-state index < -0.39 is 0 Å². The van der Waals surface area contributed by atoms with Crippen LogP contribution in [-0.2, 0) is 0 Å². The summed E-state index contributed by atoms with van der Waals surface area (Å²) in [4.78, 5) is 9.94. The molecule has 0 amide bonds. The molecule has 17 aliphatic rings. The fourth-order valence-corrected chi connectivity index (χ4v) is 26.5. The van der Waals surface area contributed by atoms with Crippen molar-refractivity contribution in [1.82, 2.24) is 19.6 Å². The van der Waals surface area contributed by atoms with Gasteiger partial charge in [0, 0.05) is 54.5 Å². The maximum absolute atomic E-state index is 7.52. The Balaban J connectivity index is 0.884. The molecular weight excluding hydrogens is 873 g/mol. The van der Waals surface area contributed by atoms with Crippen molar-refractivity contribution in [2.45, 2.75) is 76.7 Å².